The van der Waals surface area contributed by atoms with Crippen molar-refractivity contribution in [3.63, 3.8) is 0 Å². The van der Waals surface area contributed by atoms with Gasteiger partial charge in [0.25, 0.3) is 5.91 Å². The molecular weight excluding hydrogens is 328 g/mol. The monoisotopic (exact) mass is 354 g/mol. The van der Waals surface area contributed by atoms with Crippen LogP contribution in [0.2, 0.25) is 0 Å². The van der Waals surface area contributed by atoms with Gasteiger partial charge in [0.15, 0.2) is 0 Å². The Morgan fingerprint density at radius 2 is 2.00 bits per heavy atom. The van der Waals surface area contributed by atoms with E-state index in [2.05, 4.69) is 22.5 Å². The molecule has 3 N–H and O–H groups in total. The van der Waals surface area contributed by atoms with Crippen molar-refractivity contribution in [3.05, 3.63) is 47.4 Å². The fourth-order valence-corrected chi connectivity index (χ4v) is 2.52. The predicted molar refractivity (Wildman–Crippen MR) is 106 cm³/mol. The van der Waals surface area contributed by atoms with Gasteiger partial charge in [0.1, 0.15) is 11.6 Å². The van der Waals surface area contributed by atoms with E-state index in [1.807, 2.05) is 32.1 Å². The number of nitrogens with one attached hydrogen (secondary N) is 3. The van der Waals surface area contributed by atoms with Gasteiger partial charge in [-0.2, -0.15) is 0 Å². The Bertz CT molecular complexity index is 746. The number of carbonyl (C=O) groups is 1. The van der Waals surface area contributed by atoms with Gasteiger partial charge >= 0.3 is 0 Å². The predicted octanol–water partition coefficient (Wildman–Crippen LogP) is 4.02. The average Bonchev–Trinajstić information content (AvgIpc) is 2.60. The molecule has 6 nitrogen and oxygen atoms in total. The van der Waals surface area contributed by atoms with Gasteiger partial charge < -0.3 is 20.8 Å². The highest BCUT2D eigenvalue weighted by molar-refractivity contribution is 6.18. The van der Waals surface area contributed by atoms with Gasteiger partial charge in [-0.15, -0.1) is 0 Å². The number of aliphatic imine (C=N–C) groups is 1. The highest BCUT2D eigenvalue weighted by atomic mass is 16.5. The minimum Gasteiger partial charge on any atom is -0.494 e. The number of amides is 1. The van der Waals surface area contributed by atoms with Gasteiger partial charge in [0.2, 0.25) is 0 Å². The van der Waals surface area contributed by atoms with Crippen LogP contribution in [0.25, 0.3) is 0 Å². The van der Waals surface area contributed by atoms with Crippen LogP contribution in [-0.2, 0) is 4.79 Å². The first-order chi connectivity index (χ1) is 12.5. The van der Waals surface area contributed by atoms with Gasteiger partial charge in [-0.1, -0.05) is 19.8 Å². The molecule has 1 aliphatic rings. The van der Waals surface area contributed by atoms with Crippen LogP contribution in [0, 0.1) is 5.41 Å². The number of carbonyl (C=O) groups excluding carboxylic acids is 1. The van der Waals surface area contributed by atoms with E-state index < -0.39 is 0 Å². The number of benzene rings is 1. The molecule has 1 amide bonds. The zero-order valence-corrected chi connectivity index (χ0v) is 15.6. The smallest absolute Gasteiger partial charge is 0.260 e. The Morgan fingerprint density at radius 3 is 2.62 bits per heavy atom. The lowest BCUT2D eigenvalue weighted by atomic mass is 10.2. The second-order valence-electron chi connectivity index (χ2n) is 6.15. The zero-order valence-electron chi connectivity index (χ0n) is 15.6. The number of ether oxygens (including phenoxy) is 1. The number of anilines is 1. The first-order valence-corrected chi connectivity index (χ1v) is 8.83. The summed E-state index contributed by atoms with van der Waals surface area (Å²) < 4.78 is 5.66. The lowest BCUT2D eigenvalue weighted by Gasteiger charge is -2.16. The molecule has 0 saturated heterocycles. The second-order valence-corrected chi connectivity index (χ2v) is 6.15. The number of unbranched alkanes of at least 4 members (excludes halogenated alkanes) is 2. The summed E-state index contributed by atoms with van der Waals surface area (Å²) in [7, 11) is 0. The maximum Gasteiger partial charge on any atom is 0.260 e. The van der Waals surface area contributed by atoms with Crippen molar-refractivity contribution >= 4 is 23.5 Å². The number of nitrogens with zero attached hydrogens (tertiary/aromatic N) is 1. The molecule has 0 atom stereocenters. The first-order valence-electron chi connectivity index (χ1n) is 8.83. The van der Waals surface area contributed by atoms with Crippen molar-refractivity contribution < 1.29 is 9.53 Å². The summed E-state index contributed by atoms with van der Waals surface area (Å²) in [6.07, 6.45) is 6.24. The lowest BCUT2D eigenvalue weighted by Crippen LogP contribution is -2.24. The molecule has 2 rings (SSSR count). The zero-order chi connectivity index (χ0) is 18.9. The molecule has 0 unspecified atom stereocenters. The van der Waals surface area contributed by atoms with Gasteiger partial charge in [0.05, 0.1) is 12.2 Å². The molecule has 1 aromatic rings. The van der Waals surface area contributed by atoms with E-state index in [9.17, 15) is 4.79 Å². The van der Waals surface area contributed by atoms with Crippen molar-refractivity contribution in [2.45, 2.75) is 40.0 Å². The largest absolute Gasteiger partial charge is 0.494 e. The normalized spacial score (nSPS) is 15.3. The molecule has 1 aromatic carbocycles. The maximum absolute atomic E-state index is 12.5. The molecular formula is C20H26N4O2. The van der Waals surface area contributed by atoms with Crippen LogP contribution >= 0.6 is 0 Å². The number of rotatable bonds is 8. The molecule has 0 radical (unpaired) electrons. The van der Waals surface area contributed by atoms with E-state index in [1.54, 1.807) is 12.1 Å². The highest BCUT2D eigenvalue weighted by Crippen LogP contribution is 2.18. The van der Waals surface area contributed by atoms with Crippen LogP contribution in [0.4, 0.5) is 5.69 Å². The summed E-state index contributed by atoms with van der Waals surface area (Å²) in [6.45, 7) is 6.59. The summed E-state index contributed by atoms with van der Waals surface area (Å²) in [4.78, 5) is 16.8. The van der Waals surface area contributed by atoms with Crippen LogP contribution in [0.5, 0.6) is 5.75 Å². The molecule has 0 bridgehead atoms. The summed E-state index contributed by atoms with van der Waals surface area (Å²) in [5, 5.41) is 13.4. The molecule has 0 aromatic heterocycles. The van der Waals surface area contributed by atoms with Gasteiger partial charge in [-0.3, -0.25) is 4.79 Å². The topological polar surface area (TPSA) is 86.6 Å². The molecule has 0 fully saturated rings. The number of hydrogen-bond donors (Lipinski definition) is 3. The third-order valence-electron chi connectivity index (χ3n) is 3.80. The van der Waals surface area contributed by atoms with Gasteiger partial charge in [0, 0.05) is 23.3 Å². The van der Waals surface area contributed by atoms with E-state index >= 15 is 0 Å². The molecule has 6 heteroatoms. The van der Waals surface area contributed by atoms with Gasteiger partial charge in [-0.05, 0) is 50.6 Å². The molecule has 1 heterocycles. The van der Waals surface area contributed by atoms with E-state index in [4.69, 9.17) is 10.1 Å². The summed E-state index contributed by atoms with van der Waals surface area (Å²) in [6, 6.07) is 7.22. The Labute approximate surface area is 154 Å². The minimum absolute atomic E-state index is 0.177. The average molecular weight is 354 g/mol. The van der Waals surface area contributed by atoms with Crippen molar-refractivity contribution in [1.29, 1.82) is 5.41 Å². The Morgan fingerprint density at radius 1 is 1.27 bits per heavy atom. The number of allylic oxidation sites excluding steroid dienone is 2. The van der Waals surface area contributed by atoms with Crippen LogP contribution in [0.1, 0.15) is 40.0 Å². The second kappa shape index (κ2) is 9.56. The first kappa shape index (κ1) is 19.4. The van der Waals surface area contributed by atoms with Crippen molar-refractivity contribution in [3.8, 4) is 5.75 Å². The summed E-state index contributed by atoms with van der Waals surface area (Å²) in [5.74, 6) is 0.774. The molecule has 0 spiro atoms. The van der Waals surface area contributed by atoms with Crippen molar-refractivity contribution in [2.24, 2.45) is 4.99 Å². The molecule has 0 aliphatic carbocycles. The minimum atomic E-state index is -0.384. The fourth-order valence-electron chi connectivity index (χ4n) is 2.52. The summed E-state index contributed by atoms with van der Waals surface area (Å²) >= 11 is 0. The Hall–Kier alpha value is -2.89. The van der Waals surface area contributed by atoms with E-state index in [0.717, 1.165) is 42.6 Å². The van der Waals surface area contributed by atoms with Crippen molar-refractivity contribution in [1.82, 2.24) is 5.32 Å². The third-order valence-corrected chi connectivity index (χ3v) is 3.80. The van der Waals surface area contributed by atoms with Crippen LogP contribution in [-0.4, -0.2) is 24.4 Å². The van der Waals surface area contributed by atoms with Crippen LogP contribution in [0.3, 0.4) is 0 Å². The molecule has 138 valence electrons. The SMILES string of the molecule is CCCCCOc1ccc(NC(=O)/C(C=N)=C2\N=C(C)C=C(C)N2)cc1. The number of hydrogen-bond acceptors (Lipinski definition) is 5. The lowest BCUT2D eigenvalue weighted by molar-refractivity contribution is -0.112. The Kier molecular flexibility index (Phi) is 7.14. The Balaban J connectivity index is 2.02. The molecule has 0 saturated carbocycles. The molecule has 26 heavy (non-hydrogen) atoms. The molecule has 1 aliphatic heterocycles. The third kappa shape index (κ3) is 5.58. The van der Waals surface area contributed by atoms with E-state index in [0.29, 0.717) is 18.1 Å². The van der Waals surface area contributed by atoms with Crippen LogP contribution in [0.15, 0.2) is 52.4 Å². The highest BCUT2D eigenvalue weighted by Gasteiger charge is 2.16. The van der Waals surface area contributed by atoms with Crippen molar-refractivity contribution in [2.75, 3.05) is 11.9 Å². The summed E-state index contributed by atoms with van der Waals surface area (Å²) in [5.41, 5.74) is 2.48. The fraction of sp³-hybridized carbons (Fsp3) is 0.350. The standard InChI is InChI=1S/C20H26N4O2/c1-4-5-6-11-26-17-9-7-16(8-10-17)24-20(25)18(13-21)19-22-14(2)12-15(3)23-19/h7-10,12-13,21-22H,4-6,11H2,1-3H3,(H,24,25)/b19-18-,21-13?. The van der Waals surface area contributed by atoms with E-state index in [-0.39, 0.29) is 11.5 Å². The van der Waals surface area contributed by atoms with Gasteiger partial charge in [-0.25, -0.2) is 4.99 Å². The maximum atomic E-state index is 12.5. The van der Waals surface area contributed by atoms with Crippen LogP contribution < -0.4 is 15.4 Å². The van der Waals surface area contributed by atoms with E-state index in [1.165, 1.54) is 0 Å². The quantitative estimate of drug-likeness (QED) is 0.374.